The van der Waals surface area contributed by atoms with Gasteiger partial charge in [-0.2, -0.15) is 0 Å². The average molecular weight is 771 g/mol. The summed E-state index contributed by atoms with van der Waals surface area (Å²) in [4.78, 5) is 44.0. The molecule has 0 saturated heterocycles. The van der Waals surface area contributed by atoms with Crippen LogP contribution in [0.2, 0.25) is 20.1 Å². The second-order valence-electron chi connectivity index (χ2n) is 13.0. The molecule has 6 rings (SSSR count). The molecule has 9 nitrogen and oxygen atoms in total. The number of nitrogens with zero attached hydrogens (tertiary/aromatic N) is 2. The van der Waals surface area contributed by atoms with Crippen LogP contribution in [-0.2, 0) is 32.2 Å². The molecule has 51 heavy (non-hydrogen) atoms. The molecule has 0 saturated carbocycles. The Hall–Kier alpha value is -3.67. The smallest absolute Gasteiger partial charge is 0.303 e. The van der Waals surface area contributed by atoms with Crippen molar-refractivity contribution < 1.29 is 24.2 Å². The Morgan fingerprint density at radius 1 is 0.706 bits per heavy atom. The first-order chi connectivity index (χ1) is 24.3. The molecule has 0 aromatic heterocycles. The van der Waals surface area contributed by atoms with E-state index in [1.807, 2.05) is 50.5 Å². The van der Waals surface area contributed by atoms with Crippen LogP contribution < -0.4 is 10.6 Å². The lowest BCUT2D eigenvalue weighted by Crippen LogP contribution is -2.47. The van der Waals surface area contributed by atoms with Gasteiger partial charge in [-0.25, -0.2) is 0 Å². The maximum Gasteiger partial charge on any atom is 0.303 e. The number of likely N-dealkylation sites (N-methyl/N-ethyl adjacent to an activating group) is 2. The molecular weight excluding hydrogens is 734 g/mol. The summed E-state index contributed by atoms with van der Waals surface area (Å²) in [6.45, 7) is 3.57. The number of rotatable bonds is 8. The highest BCUT2D eigenvalue weighted by molar-refractivity contribution is 6.35. The Morgan fingerprint density at radius 2 is 1.14 bits per heavy atom. The summed E-state index contributed by atoms with van der Waals surface area (Å²) >= 11 is 26.0. The number of esters is 1. The first-order valence-corrected chi connectivity index (χ1v) is 17.8. The number of halogens is 4. The summed E-state index contributed by atoms with van der Waals surface area (Å²) < 4.78 is 5.29. The van der Waals surface area contributed by atoms with Gasteiger partial charge < -0.3 is 30.3 Å². The fourth-order valence-corrected chi connectivity index (χ4v) is 8.18. The lowest BCUT2D eigenvalue weighted by molar-refractivity contribution is -0.161. The largest absolute Gasteiger partial charge is 0.449 e. The zero-order chi connectivity index (χ0) is 36.6. The van der Waals surface area contributed by atoms with Crippen LogP contribution in [-0.4, -0.2) is 72.1 Å². The van der Waals surface area contributed by atoms with Crippen LogP contribution in [0.25, 0.3) is 0 Å². The molecule has 0 fully saturated rings. The van der Waals surface area contributed by atoms with E-state index in [0.29, 0.717) is 57.6 Å². The highest BCUT2D eigenvalue weighted by atomic mass is 35.5. The number of carbonyl (C=O) groups is 3. The second kappa shape index (κ2) is 15.5. The fourth-order valence-electron chi connectivity index (χ4n) is 7.04. The van der Waals surface area contributed by atoms with Crippen LogP contribution in [0.5, 0.6) is 0 Å². The van der Waals surface area contributed by atoms with Crippen LogP contribution in [0.15, 0.2) is 72.8 Å². The second-order valence-corrected chi connectivity index (χ2v) is 14.7. The number of aliphatic hydroxyl groups excluding tert-OH is 1. The van der Waals surface area contributed by atoms with E-state index in [1.165, 1.54) is 0 Å². The standard InChI is InChI=1S/C38H36Cl4N4O5/c1-20(47)51-36(38(50)44-34-11-7-5-9-24(34)28-17-46(3)19-30-26(28)13-22(40)15-32(30)42)35(48)37(49)43-33-10-6-4-8-23(33)27-16-45(2)18-29-25(27)12-21(39)14-31(29)41/h4-15,27-28,35-36,48H,16-19H2,1-3H3,(H,43,49)(H,44,50)/t27-,28-,35?,36?/m0/s1. The Kier molecular flexibility index (Phi) is 11.3. The number of amides is 2. The first-order valence-electron chi connectivity index (χ1n) is 16.3. The van der Waals surface area contributed by atoms with Gasteiger partial charge in [0.2, 0.25) is 6.10 Å². The Bertz CT molecular complexity index is 2010. The molecule has 4 aromatic carbocycles. The zero-order valence-corrected chi connectivity index (χ0v) is 31.1. The van der Waals surface area contributed by atoms with Crippen molar-refractivity contribution in [2.75, 3.05) is 37.8 Å². The Labute approximate surface area is 316 Å². The molecule has 2 aliphatic heterocycles. The first kappa shape index (κ1) is 37.1. The van der Waals surface area contributed by atoms with Crippen LogP contribution in [0.3, 0.4) is 0 Å². The van der Waals surface area contributed by atoms with E-state index >= 15 is 0 Å². The summed E-state index contributed by atoms with van der Waals surface area (Å²) in [5.41, 5.74) is 6.06. The Balaban J connectivity index is 1.27. The van der Waals surface area contributed by atoms with Gasteiger partial charge in [0.25, 0.3) is 11.8 Å². The molecule has 4 aromatic rings. The molecule has 0 spiro atoms. The molecule has 0 aliphatic carbocycles. The highest BCUT2D eigenvalue weighted by Crippen LogP contribution is 2.42. The maximum atomic E-state index is 13.8. The molecule has 3 N–H and O–H groups in total. The summed E-state index contributed by atoms with van der Waals surface area (Å²) in [6.07, 6.45) is -3.93. The molecular formula is C38H36Cl4N4O5. The number of anilines is 2. The van der Waals surface area contributed by atoms with Gasteiger partial charge in [0, 0.05) is 76.4 Å². The number of fused-ring (bicyclic) bond motifs is 2. The molecule has 2 amide bonds. The van der Waals surface area contributed by atoms with Crippen molar-refractivity contribution in [1.29, 1.82) is 0 Å². The molecule has 13 heteroatoms. The van der Waals surface area contributed by atoms with Crippen LogP contribution in [0, 0.1) is 0 Å². The quantitative estimate of drug-likeness (QED) is 0.161. The third-order valence-corrected chi connectivity index (χ3v) is 10.4. The highest BCUT2D eigenvalue weighted by Gasteiger charge is 2.37. The summed E-state index contributed by atoms with van der Waals surface area (Å²) in [5, 5.41) is 19.0. The van der Waals surface area contributed by atoms with E-state index in [1.54, 1.807) is 36.4 Å². The number of ether oxygens (including phenoxy) is 1. The number of aliphatic hydroxyl groups is 1. The van der Waals surface area contributed by atoms with E-state index in [2.05, 4.69) is 20.4 Å². The molecule has 0 bridgehead atoms. The lowest BCUT2D eigenvalue weighted by Gasteiger charge is -2.34. The third kappa shape index (κ3) is 8.05. The van der Waals surface area contributed by atoms with Crippen LogP contribution >= 0.6 is 46.4 Å². The number of para-hydroxylation sites is 2. The van der Waals surface area contributed by atoms with Gasteiger partial charge in [0.05, 0.1) is 0 Å². The lowest BCUT2D eigenvalue weighted by atomic mass is 9.84. The topological polar surface area (TPSA) is 111 Å². The van der Waals surface area contributed by atoms with Gasteiger partial charge in [-0.15, -0.1) is 0 Å². The SMILES string of the molecule is CC(=O)OC(C(=O)Nc1ccccc1[C@@H]1CN(C)Cc2c(Cl)cc(Cl)cc21)C(O)C(=O)Nc1ccccc1[C@@H]1CN(C)Cc2c(Cl)cc(Cl)cc21. The van der Waals surface area contributed by atoms with Gasteiger partial charge in [0.1, 0.15) is 0 Å². The van der Waals surface area contributed by atoms with Gasteiger partial charge >= 0.3 is 5.97 Å². The van der Waals surface area contributed by atoms with E-state index in [-0.39, 0.29) is 11.8 Å². The number of carbonyl (C=O) groups excluding carboxylic acids is 3. The predicted molar refractivity (Wildman–Crippen MR) is 201 cm³/mol. The molecule has 2 aliphatic rings. The van der Waals surface area contributed by atoms with Crippen LogP contribution in [0.4, 0.5) is 11.4 Å². The molecule has 2 unspecified atom stereocenters. The van der Waals surface area contributed by atoms with Gasteiger partial charge in [0.15, 0.2) is 6.10 Å². The minimum atomic E-state index is -2.06. The van der Waals surface area contributed by atoms with Crippen molar-refractivity contribution in [2.45, 2.75) is 44.1 Å². The third-order valence-electron chi connectivity index (χ3n) is 9.28. The summed E-state index contributed by atoms with van der Waals surface area (Å²) in [6, 6.07) is 21.5. The minimum absolute atomic E-state index is 0.221. The minimum Gasteiger partial charge on any atom is -0.449 e. The zero-order valence-electron chi connectivity index (χ0n) is 28.1. The number of benzene rings is 4. The average Bonchev–Trinajstić information content (AvgIpc) is 3.07. The van der Waals surface area contributed by atoms with Gasteiger partial charge in [-0.3, -0.25) is 14.4 Å². The van der Waals surface area contributed by atoms with E-state index in [0.717, 1.165) is 40.3 Å². The molecule has 266 valence electrons. The number of hydrogen-bond donors (Lipinski definition) is 3. The van der Waals surface area contributed by atoms with Crippen molar-refractivity contribution in [2.24, 2.45) is 0 Å². The van der Waals surface area contributed by atoms with Crippen molar-refractivity contribution in [1.82, 2.24) is 9.80 Å². The van der Waals surface area contributed by atoms with Crippen molar-refractivity contribution >= 4 is 75.6 Å². The van der Waals surface area contributed by atoms with Crippen molar-refractivity contribution in [3.8, 4) is 0 Å². The van der Waals surface area contributed by atoms with E-state index in [4.69, 9.17) is 51.1 Å². The normalized spacial score (nSPS) is 18.6. The Morgan fingerprint density at radius 3 is 1.59 bits per heavy atom. The molecule has 2 heterocycles. The predicted octanol–water partition coefficient (Wildman–Crippen LogP) is 7.32. The molecule has 0 radical (unpaired) electrons. The van der Waals surface area contributed by atoms with Crippen molar-refractivity contribution in [3.63, 3.8) is 0 Å². The molecule has 4 atom stereocenters. The monoisotopic (exact) mass is 768 g/mol. The van der Waals surface area contributed by atoms with E-state index in [9.17, 15) is 19.5 Å². The van der Waals surface area contributed by atoms with Gasteiger partial charge in [-0.1, -0.05) is 82.8 Å². The van der Waals surface area contributed by atoms with Crippen molar-refractivity contribution in [3.05, 3.63) is 126 Å². The summed E-state index contributed by atoms with van der Waals surface area (Å²) in [5.74, 6) is -3.11. The number of hydrogen-bond acceptors (Lipinski definition) is 7. The summed E-state index contributed by atoms with van der Waals surface area (Å²) in [7, 11) is 3.95. The van der Waals surface area contributed by atoms with E-state index < -0.39 is 30.0 Å². The van der Waals surface area contributed by atoms with Crippen LogP contribution in [0.1, 0.15) is 52.1 Å². The number of nitrogens with one attached hydrogen (secondary N) is 2. The maximum absolute atomic E-state index is 13.8. The fraction of sp³-hybridized carbons (Fsp3) is 0.289. The van der Waals surface area contributed by atoms with Gasteiger partial charge in [-0.05, 0) is 83.9 Å².